The van der Waals surface area contributed by atoms with E-state index in [2.05, 4.69) is 24.0 Å². The summed E-state index contributed by atoms with van der Waals surface area (Å²) in [6.45, 7) is 2.63. The highest BCUT2D eigenvalue weighted by Gasteiger charge is 2.06. The molecule has 0 spiro atoms. The van der Waals surface area contributed by atoms with Crippen LogP contribution in [0.4, 0.5) is 5.69 Å². The second-order valence-electron chi connectivity index (χ2n) is 5.04. The number of rotatable bonds is 5. The number of thiazole rings is 1. The molecule has 2 N–H and O–H groups in total. The van der Waals surface area contributed by atoms with Crippen LogP contribution in [0.25, 0.3) is 11.3 Å². The van der Waals surface area contributed by atoms with Crippen LogP contribution in [0.1, 0.15) is 17.5 Å². The molecule has 3 aromatic rings. The van der Waals surface area contributed by atoms with Crippen LogP contribution < -0.4 is 10.5 Å². The molecule has 0 aliphatic carbocycles. The van der Waals surface area contributed by atoms with Crippen molar-refractivity contribution in [2.75, 3.05) is 5.73 Å². The van der Waals surface area contributed by atoms with E-state index >= 15 is 0 Å². The normalized spacial score (nSPS) is 10.6. The molecule has 112 valence electrons. The summed E-state index contributed by atoms with van der Waals surface area (Å²) in [6, 6.07) is 16.0. The zero-order chi connectivity index (χ0) is 15.4. The van der Waals surface area contributed by atoms with Crippen LogP contribution in [0.2, 0.25) is 0 Å². The quantitative estimate of drug-likeness (QED) is 0.704. The molecule has 3 rings (SSSR count). The molecule has 2 aromatic carbocycles. The van der Waals surface area contributed by atoms with E-state index in [-0.39, 0.29) is 0 Å². The Balaban J connectivity index is 1.66. The monoisotopic (exact) mass is 310 g/mol. The van der Waals surface area contributed by atoms with Gasteiger partial charge in [0.2, 0.25) is 0 Å². The number of aryl methyl sites for hydroxylation is 1. The first-order chi connectivity index (χ1) is 10.7. The van der Waals surface area contributed by atoms with Gasteiger partial charge in [0.25, 0.3) is 0 Å². The molecule has 0 atom stereocenters. The number of hydrogen-bond donors (Lipinski definition) is 1. The molecule has 0 aliphatic heterocycles. The second-order valence-corrected chi connectivity index (χ2v) is 5.98. The van der Waals surface area contributed by atoms with Gasteiger partial charge >= 0.3 is 0 Å². The summed E-state index contributed by atoms with van der Waals surface area (Å²) >= 11 is 1.60. The minimum atomic E-state index is 0.485. The van der Waals surface area contributed by atoms with Gasteiger partial charge in [-0.1, -0.05) is 31.2 Å². The van der Waals surface area contributed by atoms with Crippen molar-refractivity contribution in [2.24, 2.45) is 0 Å². The van der Waals surface area contributed by atoms with Crippen LogP contribution in [0, 0.1) is 0 Å². The second kappa shape index (κ2) is 6.62. The molecule has 1 aromatic heterocycles. The predicted molar refractivity (Wildman–Crippen MR) is 92.1 cm³/mol. The average molecular weight is 310 g/mol. The molecule has 0 radical (unpaired) electrons. The Labute approximate surface area is 134 Å². The Hall–Kier alpha value is -2.33. The topological polar surface area (TPSA) is 48.1 Å². The van der Waals surface area contributed by atoms with Crippen LogP contribution in [0.15, 0.2) is 53.9 Å². The van der Waals surface area contributed by atoms with Crippen molar-refractivity contribution in [1.82, 2.24) is 4.98 Å². The van der Waals surface area contributed by atoms with Gasteiger partial charge in [-0.25, -0.2) is 4.98 Å². The van der Waals surface area contributed by atoms with Crippen molar-refractivity contribution in [3.05, 3.63) is 64.5 Å². The van der Waals surface area contributed by atoms with E-state index in [0.29, 0.717) is 6.61 Å². The molecule has 0 aliphatic rings. The van der Waals surface area contributed by atoms with Crippen molar-refractivity contribution in [3.63, 3.8) is 0 Å². The molecule has 0 saturated heterocycles. The molecule has 0 unspecified atom stereocenters. The fourth-order valence-corrected chi connectivity index (χ4v) is 2.89. The van der Waals surface area contributed by atoms with E-state index < -0.39 is 0 Å². The van der Waals surface area contributed by atoms with Crippen molar-refractivity contribution >= 4 is 17.0 Å². The van der Waals surface area contributed by atoms with Crippen LogP contribution >= 0.6 is 11.3 Å². The van der Waals surface area contributed by atoms with Crippen molar-refractivity contribution in [1.29, 1.82) is 0 Å². The fraction of sp³-hybridized carbons (Fsp3) is 0.167. The van der Waals surface area contributed by atoms with Gasteiger partial charge in [-0.3, -0.25) is 0 Å². The number of nitrogens with two attached hydrogens (primary N) is 1. The van der Waals surface area contributed by atoms with E-state index in [1.54, 1.807) is 11.3 Å². The van der Waals surface area contributed by atoms with E-state index in [9.17, 15) is 0 Å². The van der Waals surface area contributed by atoms with Gasteiger partial charge in [-0.05, 0) is 36.2 Å². The molecular formula is C18H18N2OS. The lowest BCUT2D eigenvalue weighted by atomic mass is 10.1. The summed E-state index contributed by atoms with van der Waals surface area (Å²) in [5, 5.41) is 2.99. The third-order valence-electron chi connectivity index (χ3n) is 3.43. The molecule has 0 bridgehead atoms. The number of hydrogen-bond acceptors (Lipinski definition) is 4. The number of anilines is 1. The highest BCUT2D eigenvalue weighted by Crippen LogP contribution is 2.24. The van der Waals surface area contributed by atoms with Gasteiger partial charge in [-0.15, -0.1) is 11.3 Å². The third-order valence-corrected chi connectivity index (χ3v) is 4.25. The predicted octanol–water partition coefficient (Wildman–Crippen LogP) is 4.53. The summed E-state index contributed by atoms with van der Waals surface area (Å²) in [4.78, 5) is 4.61. The van der Waals surface area contributed by atoms with Gasteiger partial charge < -0.3 is 10.5 Å². The van der Waals surface area contributed by atoms with Crippen molar-refractivity contribution in [3.8, 4) is 17.0 Å². The Morgan fingerprint density at radius 2 is 1.95 bits per heavy atom. The SMILES string of the molecule is CCc1ccc(OCc2nc(-c3cccc(N)c3)cs2)cc1. The fourth-order valence-electron chi connectivity index (χ4n) is 2.17. The number of ether oxygens (including phenoxy) is 1. The van der Waals surface area contributed by atoms with Crippen LogP contribution in [-0.4, -0.2) is 4.98 Å². The highest BCUT2D eigenvalue weighted by molar-refractivity contribution is 7.09. The Bertz CT molecular complexity index is 750. The summed E-state index contributed by atoms with van der Waals surface area (Å²) in [5.74, 6) is 0.873. The van der Waals surface area contributed by atoms with Gasteiger partial charge in [0.15, 0.2) is 0 Å². The molecule has 3 nitrogen and oxygen atoms in total. The lowest BCUT2D eigenvalue weighted by Gasteiger charge is -2.04. The van der Waals surface area contributed by atoms with E-state index in [4.69, 9.17) is 10.5 Å². The van der Waals surface area contributed by atoms with Gasteiger partial charge in [0.05, 0.1) is 5.69 Å². The highest BCUT2D eigenvalue weighted by atomic mass is 32.1. The zero-order valence-electron chi connectivity index (χ0n) is 12.5. The lowest BCUT2D eigenvalue weighted by molar-refractivity contribution is 0.305. The number of benzene rings is 2. The number of nitrogens with zero attached hydrogens (tertiary/aromatic N) is 1. The van der Waals surface area contributed by atoms with Crippen LogP contribution in [0.5, 0.6) is 5.75 Å². The molecule has 1 heterocycles. The van der Waals surface area contributed by atoms with E-state index in [1.165, 1.54) is 5.56 Å². The number of nitrogen functional groups attached to an aromatic ring is 1. The maximum atomic E-state index is 5.81. The maximum absolute atomic E-state index is 5.81. The summed E-state index contributed by atoms with van der Waals surface area (Å²) in [5.41, 5.74) is 9.85. The van der Waals surface area contributed by atoms with E-state index in [1.807, 2.05) is 41.8 Å². The molecular weight excluding hydrogens is 292 g/mol. The maximum Gasteiger partial charge on any atom is 0.140 e. The van der Waals surface area contributed by atoms with E-state index in [0.717, 1.165) is 34.1 Å². The zero-order valence-corrected chi connectivity index (χ0v) is 13.3. The van der Waals surface area contributed by atoms with Crippen molar-refractivity contribution < 1.29 is 4.74 Å². The average Bonchev–Trinajstić information content (AvgIpc) is 3.02. The first kappa shape index (κ1) is 14.6. The molecule has 0 saturated carbocycles. The van der Waals surface area contributed by atoms with Crippen LogP contribution in [-0.2, 0) is 13.0 Å². The Morgan fingerprint density at radius 3 is 2.68 bits per heavy atom. The Morgan fingerprint density at radius 1 is 1.14 bits per heavy atom. The number of aromatic nitrogens is 1. The lowest BCUT2D eigenvalue weighted by Crippen LogP contribution is -1.95. The first-order valence-corrected chi connectivity index (χ1v) is 8.14. The molecule has 0 amide bonds. The minimum absolute atomic E-state index is 0.485. The van der Waals surface area contributed by atoms with Crippen LogP contribution in [0.3, 0.4) is 0 Å². The summed E-state index contributed by atoms with van der Waals surface area (Å²) < 4.78 is 5.79. The standard InChI is InChI=1S/C18H18N2OS/c1-2-13-6-8-16(9-7-13)21-11-18-20-17(12-22-18)14-4-3-5-15(19)10-14/h3-10,12H,2,11,19H2,1H3. The third kappa shape index (κ3) is 3.46. The summed E-state index contributed by atoms with van der Waals surface area (Å²) in [6.07, 6.45) is 1.04. The largest absolute Gasteiger partial charge is 0.486 e. The summed E-state index contributed by atoms with van der Waals surface area (Å²) in [7, 11) is 0. The van der Waals surface area contributed by atoms with Gasteiger partial charge in [-0.2, -0.15) is 0 Å². The van der Waals surface area contributed by atoms with Crippen molar-refractivity contribution in [2.45, 2.75) is 20.0 Å². The van der Waals surface area contributed by atoms with Gasteiger partial charge in [0, 0.05) is 16.6 Å². The smallest absolute Gasteiger partial charge is 0.140 e. The van der Waals surface area contributed by atoms with Gasteiger partial charge in [0.1, 0.15) is 17.4 Å². The Kier molecular flexibility index (Phi) is 4.39. The molecule has 4 heteroatoms. The first-order valence-electron chi connectivity index (χ1n) is 7.26. The molecule has 0 fully saturated rings. The minimum Gasteiger partial charge on any atom is -0.486 e. The molecule has 22 heavy (non-hydrogen) atoms.